The fourth-order valence-corrected chi connectivity index (χ4v) is 2.48. The van der Waals surface area contributed by atoms with E-state index in [9.17, 15) is 8.42 Å². The molecule has 0 saturated heterocycles. The van der Waals surface area contributed by atoms with Gasteiger partial charge in [0.25, 0.3) is 10.0 Å². The molecule has 0 fully saturated rings. The summed E-state index contributed by atoms with van der Waals surface area (Å²) in [6.45, 7) is 0.0541. The van der Waals surface area contributed by atoms with Crippen LogP contribution in [0, 0.1) is 0 Å². The number of rotatable bonds is 0. The molecule has 0 saturated carbocycles. The molecule has 1 N–H and O–H groups in total. The van der Waals surface area contributed by atoms with Crippen molar-refractivity contribution in [3.05, 3.63) is 29.8 Å². The third-order valence-corrected chi connectivity index (χ3v) is 3.47. The van der Waals surface area contributed by atoms with E-state index in [0.717, 1.165) is 0 Å². The lowest BCUT2D eigenvalue weighted by Crippen LogP contribution is -2.19. The van der Waals surface area contributed by atoms with E-state index in [1.165, 1.54) is 6.07 Å². The normalized spacial score (nSPS) is 20.8. The zero-order valence-electron chi connectivity index (χ0n) is 6.14. The lowest BCUT2D eigenvalue weighted by atomic mass is 10.2. The van der Waals surface area contributed by atoms with Crippen LogP contribution in [0.5, 0.6) is 0 Å². The van der Waals surface area contributed by atoms with Gasteiger partial charge in [-0.1, -0.05) is 22.7 Å². The van der Waals surface area contributed by atoms with Crippen molar-refractivity contribution in [2.75, 3.05) is 0 Å². The Bertz CT molecular complexity index is 412. The van der Waals surface area contributed by atoms with Crippen molar-refractivity contribution in [1.29, 1.82) is 0 Å². The van der Waals surface area contributed by atoms with Crippen molar-refractivity contribution < 1.29 is 13.6 Å². The van der Waals surface area contributed by atoms with Gasteiger partial charge in [-0.05, 0) is 11.6 Å². The summed E-state index contributed by atoms with van der Waals surface area (Å²) < 4.78 is 22.9. The maximum atomic E-state index is 11.3. The first kappa shape index (κ1) is 7.72. The van der Waals surface area contributed by atoms with E-state index in [1.54, 1.807) is 18.2 Å². The number of hydroxylamine groups is 1. The molecule has 1 aromatic carbocycles. The molecule has 4 nitrogen and oxygen atoms in total. The molecule has 12 heavy (non-hydrogen) atoms. The summed E-state index contributed by atoms with van der Waals surface area (Å²) in [7, 11) is -3.60. The summed E-state index contributed by atoms with van der Waals surface area (Å²) >= 11 is 0. The van der Waals surface area contributed by atoms with Crippen LogP contribution in [-0.4, -0.2) is 18.1 Å². The summed E-state index contributed by atoms with van der Waals surface area (Å²) in [5, 5.41) is 9.02. The molecule has 0 aliphatic carbocycles. The number of fused-ring (bicyclic) bond motifs is 1. The Labute approximate surface area is 70.1 Å². The van der Waals surface area contributed by atoms with Crippen LogP contribution in [0.15, 0.2) is 29.2 Å². The molecule has 0 aromatic heterocycles. The SMILES string of the molecule is O=S1(=O)c2ccccc2CN1O. The minimum Gasteiger partial charge on any atom is -0.299 e. The van der Waals surface area contributed by atoms with Gasteiger partial charge in [-0.3, -0.25) is 5.21 Å². The summed E-state index contributed by atoms with van der Waals surface area (Å²) in [6, 6.07) is 6.55. The average Bonchev–Trinajstić information content (AvgIpc) is 2.25. The van der Waals surface area contributed by atoms with Crippen molar-refractivity contribution in [2.45, 2.75) is 11.4 Å². The van der Waals surface area contributed by atoms with Gasteiger partial charge in [-0.25, -0.2) is 8.42 Å². The summed E-state index contributed by atoms with van der Waals surface area (Å²) in [4.78, 5) is 0.201. The highest BCUT2D eigenvalue weighted by Gasteiger charge is 2.32. The summed E-state index contributed by atoms with van der Waals surface area (Å²) in [6.07, 6.45) is 0. The zero-order valence-corrected chi connectivity index (χ0v) is 6.95. The highest BCUT2D eigenvalue weighted by Crippen LogP contribution is 2.27. The fourth-order valence-electron chi connectivity index (χ4n) is 1.23. The first-order valence-corrected chi connectivity index (χ1v) is 4.86. The third kappa shape index (κ3) is 0.874. The Hall–Kier alpha value is -0.910. The van der Waals surface area contributed by atoms with Crippen LogP contribution < -0.4 is 0 Å². The van der Waals surface area contributed by atoms with Crippen molar-refractivity contribution in [2.24, 2.45) is 0 Å². The van der Waals surface area contributed by atoms with E-state index in [4.69, 9.17) is 5.21 Å². The van der Waals surface area contributed by atoms with E-state index in [0.29, 0.717) is 10.0 Å². The van der Waals surface area contributed by atoms with Gasteiger partial charge >= 0.3 is 0 Å². The Kier molecular flexibility index (Phi) is 1.47. The average molecular weight is 185 g/mol. The lowest BCUT2D eigenvalue weighted by molar-refractivity contribution is 0.00105. The monoisotopic (exact) mass is 185 g/mol. The molecule has 1 heterocycles. The summed E-state index contributed by atoms with van der Waals surface area (Å²) in [5.41, 5.74) is 0.639. The zero-order chi connectivity index (χ0) is 8.77. The molecule has 0 bridgehead atoms. The maximum Gasteiger partial charge on any atom is 0.265 e. The first-order chi connectivity index (χ1) is 5.62. The van der Waals surface area contributed by atoms with Gasteiger partial charge in [0.1, 0.15) is 0 Å². The molecule has 1 aliphatic rings. The van der Waals surface area contributed by atoms with Crippen LogP contribution >= 0.6 is 0 Å². The largest absolute Gasteiger partial charge is 0.299 e. The first-order valence-electron chi connectivity index (χ1n) is 3.42. The van der Waals surface area contributed by atoms with Crippen LogP contribution in [0.2, 0.25) is 0 Å². The second-order valence-electron chi connectivity index (χ2n) is 2.59. The molecule has 0 atom stereocenters. The Balaban J connectivity index is 2.72. The molecule has 2 rings (SSSR count). The van der Waals surface area contributed by atoms with Gasteiger partial charge in [-0.15, -0.1) is 0 Å². The van der Waals surface area contributed by atoms with Gasteiger partial charge in [0.15, 0.2) is 0 Å². The molecule has 5 heteroatoms. The molecule has 0 unspecified atom stereocenters. The maximum absolute atomic E-state index is 11.3. The van der Waals surface area contributed by atoms with Gasteiger partial charge in [0.05, 0.1) is 11.4 Å². The fraction of sp³-hybridized carbons (Fsp3) is 0.143. The molecule has 64 valence electrons. The predicted molar refractivity (Wildman–Crippen MR) is 41.0 cm³/mol. The number of hydrogen-bond acceptors (Lipinski definition) is 3. The van der Waals surface area contributed by atoms with Crippen molar-refractivity contribution >= 4 is 10.0 Å². The minimum atomic E-state index is -3.60. The Morgan fingerprint density at radius 2 is 2.00 bits per heavy atom. The van der Waals surface area contributed by atoms with Crippen LogP contribution in [0.25, 0.3) is 0 Å². The molecular formula is C7H7NO3S. The summed E-state index contributed by atoms with van der Waals surface area (Å²) in [5.74, 6) is 0. The highest BCUT2D eigenvalue weighted by molar-refractivity contribution is 7.89. The highest BCUT2D eigenvalue weighted by atomic mass is 32.2. The number of benzene rings is 1. The molecular weight excluding hydrogens is 178 g/mol. The van der Waals surface area contributed by atoms with E-state index in [-0.39, 0.29) is 11.4 Å². The molecule has 1 aromatic rings. The van der Waals surface area contributed by atoms with E-state index in [2.05, 4.69) is 0 Å². The predicted octanol–water partition coefficient (Wildman–Crippen LogP) is 0.580. The lowest BCUT2D eigenvalue weighted by Gasteiger charge is -2.02. The second-order valence-corrected chi connectivity index (χ2v) is 4.40. The van der Waals surface area contributed by atoms with Gasteiger partial charge in [-0.2, -0.15) is 0 Å². The third-order valence-electron chi connectivity index (χ3n) is 1.83. The molecule has 0 radical (unpaired) electrons. The van der Waals surface area contributed by atoms with Crippen molar-refractivity contribution in [1.82, 2.24) is 4.47 Å². The van der Waals surface area contributed by atoms with Crippen LogP contribution in [0.1, 0.15) is 5.56 Å². The molecule has 0 amide bonds. The number of sulfonamides is 1. The second kappa shape index (κ2) is 2.29. The van der Waals surface area contributed by atoms with Crippen LogP contribution in [0.4, 0.5) is 0 Å². The minimum absolute atomic E-state index is 0.0541. The van der Waals surface area contributed by atoms with Crippen LogP contribution in [0.3, 0.4) is 0 Å². The van der Waals surface area contributed by atoms with Gasteiger partial charge in [0.2, 0.25) is 0 Å². The Morgan fingerprint density at radius 3 is 2.67 bits per heavy atom. The number of hydrogen-bond donors (Lipinski definition) is 1. The van der Waals surface area contributed by atoms with Crippen LogP contribution in [-0.2, 0) is 16.6 Å². The van der Waals surface area contributed by atoms with Gasteiger partial charge in [0, 0.05) is 0 Å². The van der Waals surface area contributed by atoms with E-state index in [1.807, 2.05) is 0 Å². The van der Waals surface area contributed by atoms with Gasteiger partial charge < -0.3 is 0 Å². The quantitative estimate of drug-likeness (QED) is 0.643. The Morgan fingerprint density at radius 1 is 1.33 bits per heavy atom. The van der Waals surface area contributed by atoms with E-state index < -0.39 is 10.0 Å². The van der Waals surface area contributed by atoms with E-state index >= 15 is 0 Å². The smallest absolute Gasteiger partial charge is 0.265 e. The standard InChI is InChI=1S/C7H7NO3S/c9-8-5-6-3-1-2-4-7(6)12(8,10)11/h1-4,9H,5H2. The van der Waals surface area contributed by atoms with Crippen molar-refractivity contribution in [3.63, 3.8) is 0 Å². The molecule has 0 spiro atoms. The topological polar surface area (TPSA) is 57.6 Å². The molecule has 1 aliphatic heterocycles. The van der Waals surface area contributed by atoms with Crippen molar-refractivity contribution in [3.8, 4) is 0 Å². The number of nitrogens with zero attached hydrogens (tertiary/aromatic N) is 1.